The van der Waals surface area contributed by atoms with E-state index < -0.39 is 10.0 Å². The van der Waals surface area contributed by atoms with E-state index in [1.165, 1.54) is 15.6 Å². The van der Waals surface area contributed by atoms with Gasteiger partial charge in [0.05, 0.1) is 3.79 Å². The van der Waals surface area contributed by atoms with E-state index in [2.05, 4.69) is 21.1 Å². The molecule has 0 bridgehead atoms. The number of hydrogen-bond donors (Lipinski definition) is 2. The maximum atomic E-state index is 12.5. The number of oxime groups is 1. The first kappa shape index (κ1) is 17.4. The molecular weight excluding hydrogens is 366 g/mol. The van der Waals surface area contributed by atoms with Crippen LogP contribution in [0.1, 0.15) is 19.4 Å². The summed E-state index contributed by atoms with van der Waals surface area (Å²) in [5, 5.41) is 11.6. The van der Waals surface area contributed by atoms with Crippen LogP contribution < -0.4 is 5.73 Å². The molecule has 20 heavy (non-hydrogen) atoms. The van der Waals surface area contributed by atoms with E-state index in [9.17, 15) is 8.42 Å². The van der Waals surface area contributed by atoms with Gasteiger partial charge >= 0.3 is 0 Å². The molecule has 0 aromatic carbocycles. The molecule has 114 valence electrons. The lowest BCUT2D eigenvalue weighted by atomic mass is 10.1. The molecule has 1 unspecified atom stereocenters. The van der Waals surface area contributed by atoms with E-state index in [0.29, 0.717) is 6.54 Å². The summed E-state index contributed by atoms with van der Waals surface area (Å²) >= 11 is 4.51. The number of aryl methyl sites for hydroxylation is 1. The summed E-state index contributed by atoms with van der Waals surface area (Å²) in [6.45, 7) is 5.80. The highest BCUT2D eigenvalue weighted by Crippen LogP contribution is 2.32. The molecule has 0 amide bonds. The van der Waals surface area contributed by atoms with E-state index >= 15 is 0 Å². The Bertz CT molecular complexity index is 579. The van der Waals surface area contributed by atoms with Crippen molar-refractivity contribution in [2.75, 3.05) is 13.1 Å². The molecule has 9 heteroatoms. The van der Waals surface area contributed by atoms with Gasteiger partial charge in [-0.05, 0) is 34.5 Å². The van der Waals surface area contributed by atoms with Crippen LogP contribution in [0, 0.1) is 12.8 Å². The Morgan fingerprint density at radius 1 is 1.65 bits per heavy atom. The number of hydrogen-bond acceptors (Lipinski definition) is 5. The van der Waals surface area contributed by atoms with Crippen LogP contribution in [0.5, 0.6) is 0 Å². The molecule has 0 radical (unpaired) electrons. The highest BCUT2D eigenvalue weighted by atomic mass is 79.9. The third kappa shape index (κ3) is 3.72. The highest BCUT2D eigenvalue weighted by Gasteiger charge is 2.27. The fraction of sp³-hybridized carbons (Fsp3) is 0.545. The molecule has 0 saturated carbocycles. The van der Waals surface area contributed by atoms with Crippen LogP contribution in [-0.4, -0.2) is 36.9 Å². The Balaban J connectivity index is 3.04. The number of rotatable bonds is 6. The fourth-order valence-corrected chi connectivity index (χ4v) is 5.50. The van der Waals surface area contributed by atoms with Crippen molar-refractivity contribution >= 4 is 43.1 Å². The molecule has 0 aliphatic rings. The minimum absolute atomic E-state index is 0.0159. The third-order valence-electron chi connectivity index (χ3n) is 2.88. The zero-order valence-corrected chi connectivity index (χ0v) is 14.7. The molecule has 1 heterocycles. The number of thiophene rings is 1. The second-order valence-corrected chi connectivity index (χ2v) is 8.94. The molecule has 1 aromatic rings. The maximum Gasteiger partial charge on any atom is 0.252 e. The van der Waals surface area contributed by atoms with Crippen molar-refractivity contribution in [2.24, 2.45) is 16.8 Å². The van der Waals surface area contributed by atoms with Crippen LogP contribution >= 0.6 is 27.3 Å². The summed E-state index contributed by atoms with van der Waals surface area (Å²) < 4.78 is 27.5. The number of sulfonamides is 1. The van der Waals surface area contributed by atoms with Gasteiger partial charge < -0.3 is 10.9 Å². The lowest BCUT2D eigenvalue weighted by molar-refractivity contribution is 0.311. The van der Waals surface area contributed by atoms with E-state index in [4.69, 9.17) is 10.9 Å². The van der Waals surface area contributed by atoms with Crippen LogP contribution in [-0.2, 0) is 10.0 Å². The van der Waals surface area contributed by atoms with Gasteiger partial charge in [-0.25, -0.2) is 8.42 Å². The van der Waals surface area contributed by atoms with Gasteiger partial charge in [-0.1, -0.05) is 19.0 Å². The minimum Gasteiger partial charge on any atom is -0.409 e. The smallest absolute Gasteiger partial charge is 0.252 e. The molecule has 0 saturated heterocycles. The van der Waals surface area contributed by atoms with Crippen LogP contribution in [0.3, 0.4) is 0 Å². The quantitative estimate of drug-likeness (QED) is 0.340. The zero-order chi connectivity index (χ0) is 15.5. The van der Waals surface area contributed by atoms with Gasteiger partial charge in [0.1, 0.15) is 10.0 Å². The zero-order valence-electron chi connectivity index (χ0n) is 11.5. The highest BCUT2D eigenvalue weighted by molar-refractivity contribution is 9.11. The SMILES string of the molecule is CCN(CC(C)C(N)=NO)S(=O)(=O)c1cc(C)c(Br)s1. The maximum absolute atomic E-state index is 12.5. The summed E-state index contributed by atoms with van der Waals surface area (Å²) in [6, 6.07) is 1.64. The molecule has 3 N–H and O–H groups in total. The van der Waals surface area contributed by atoms with Crippen molar-refractivity contribution in [1.82, 2.24) is 4.31 Å². The van der Waals surface area contributed by atoms with Crippen molar-refractivity contribution < 1.29 is 13.6 Å². The van der Waals surface area contributed by atoms with Crippen LogP contribution in [0.15, 0.2) is 19.2 Å². The molecule has 0 aliphatic heterocycles. The topological polar surface area (TPSA) is 96.0 Å². The number of amidine groups is 1. The predicted octanol–water partition coefficient (Wildman–Crippen LogP) is 2.21. The average molecular weight is 384 g/mol. The van der Waals surface area contributed by atoms with E-state index in [1.807, 2.05) is 6.92 Å². The Labute approximate surface area is 131 Å². The second kappa shape index (κ2) is 6.88. The van der Waals surface area contributed by atoms with Crippen LogP contribution in [0.4, 0.5) is 0 Å². The monoisotopic (exact) mass is 383 g/mol. The predicted molar refractivity (Wildman–Crippen MR) is 83.8 cm³/mol. The van der Waals surface area contributed by atoms with Crippen molar-refractivity contribution in [3.8, 4) is 0 Å². The van der Waals surface area contributed by atoms with Crippen LogP contribution in [0.2, 0.25) is 0 Å². The van der Waals surface area contributed by atoms with Gasteiger partial charge in [0.2, 0.25) is 0 Å². The lowest BCUT2D eigenvalue weighted by Crippen LogP contribution is -2.38. The van der Waals surface area contributed by atoms with E-state index in [1.54, 1.807) is 19.9 Å². The Kier molecular flexibility index (Phi) is 5.99. The first-order valence-corrected chi connectivity index (χ1v) is 9.02. The van der Waals surface area contributed by atoms with Gasteiger partial charge in [0.15, 0.2) is 0 Å². The molecule has 1 aromatic heterocycles. The summed E-state index contributed by atoms with van der Waals surface area (Å²) in [6.07, 6.45) is 0. The number of nitrogens with two attached hydrogens (primary N) is 1. The largest absolute Gasteiger partial charge is 0.409 e. The minimum atomic E-state index is -3.56. The van der Waals surface area contributed by atoms with Gasteiger partial charge in [-0.3, -0.25) is 0 Å². The molecule has 0 spiro atoms. The van der Waals surface area contributed by atoms with Crippen molar-refractivity contribution in [2.45, 2.75) is 25.0 Å². The Morgan fingerprint density at radius 3 is 2.65 bits per heavy atom. The summed E-state index contributed by atoms with van der Waals surface area (Å²) in [4.78, 5) is 0. The van der Waals surface area contributed by atoms with Crippen molar-refractivity contribution in [3.63, 3.8) is 0 Å². The summed E-state index contributed by atoms with van der Waals surface area (Å²) in [5.74, 6) is -0.346. The van der Waals surface area contributed by atoms with Crippen molar-refractivity contribution in [3.05, 3.63) is 15.4 Å². The van der Waals surface area contributed by atoms with Crippen molar-refractivity contribution in [1.29, 1.82) is 0 Å². The first-order valence-electron chi connectivity index (χ1n) is 5.97. The lowest BCUT2D eigenvalue weighted by Gasteiger charge is -2.22. The standard InChI is InChI=1S/C11H18BrN3O3S2/c1-4-15(6-8(3)11(13)14-16)20(17,18)9-5-7(2)10(12)19-9/h5,8,16H,4,6H2,1-3H3,(H2,13,14). The number of nitrogens with zero attached hydrogens (tertiary/aromatic N) is 2. The Hall–Kier alpha value is -0.640. The molecule has 1 rings (SSSR count). The Morgan fingerprint density at radius 2 is 2.25 bits per heavy atom. The van der Waals surface area contributed by atoms with Gasteiger partial charge in [0.25, 0.3) is 10.0 Å². The molecule has 0 fully saturated rings. The van der Waals surface area contributed by atoms with Crippen LogP contribution in [0.25, 0.3) is 0 Å². The summed E-state index contributed by atoms with van der Waals surface area (Å²) in [5.41, 5.74) is 6.39. The third-order valence-corrected chi connectivity index (χ3v) is 7.41. The van der Waals surface area contributed by atoms with E-state index in [0.717, 1.165) is 9.35 Å². The van der Waals surface area contributed by atoms with E-state index in [-0.39, 0.29) is 22.5 Å². The van der Waals surface area contributed by atoms with Gasteiger partial charge in [-0.15, -0.1) is 11.3 Å². The molecule has 6 nitrogen and oxygen atoms in total. The van der Waals surface area contributed by atoms with Gasteiger partial charge in [-0.2, -0.15) is 4.31 Å². The average Bonchev–Trinajstić information content (AvgIpc) is 2.75. The fourth-order valence-electron chi connectivity index (χ4n) is 1.58. The molecule has 1 atom stereocenters. The normalized spacial score (nSPS) is 14.8. The summed E-state index contributed by atoms with van der Waals surface area (Å²) in [7, 11) is -3.56. The van der Waals surface area contributed by atoms with Gasteiger partial charge in [0, 0.05) is 19.0 Å². The molecule has 0 aliphatic carbocycles. The second-order valence-electron chi connectivity index (χ2n) is 4.40. The molecular formula is C11H18BrN3O3S2. The number of halogens is 1. The first-order chi connectivity index (χ1) is 9.23.